The van der Waals surface area contributed by atoms with Gasteiger partial charge in [-0.2, -0.15) is 0 Å². The van der Waals surface area contributed by atoms with Crippen LogP contribution in [-0.2, 0) is 0 Å². The largest absolute Gasteiger partial charge is 1.00 e. The van der Waals surface area contributed by atoms with Crippen molar-refractivity contribution in [2.45, 2.75) is 18.9 Å². The zero-order valence-corrected chi connectivity index (χ0v) is 15.8. The molecular weight excluding hydrogens is 350 g/mol. The van der Waals surface area contributed by atoms with Crippen LogP contribution in [0, 0.1) is 0 Å². The molecule has 5 nitrogen and oxygen atoms in total. The molecule has 1 heterocycles. The fraction of sp³-hybridized carbons (Fsp3) is 0.200. The summed E-state index contributed by atoms with van der Waals surface area (Å²) < 4.78 is 0. The molecule has 0 atom stereocenters. The molecule has 8 heteroatoms. The van der Waals surface area contributed by atoms with E-state index in [1.165, 1.54) is 18.2 Å². The minimum absolute atomic E-state index is 0. The minimum Gasteiger partial charge on any atom is -0.859 e. The van der Waals surface area contributed by atoms with Gasteiger partial charge in [-0.3, -0.25) is 4.99 Å². The van der Waals surface area contributed by atoms with Gasteiger partial charge < -0.3 is 15.2 Å². The maximum Gasteiger partial charge on any atom is 1.00 e. The number of rotatable bonds is 4. The third-order valence-corrected chi connectivity index (χ3v) is 3.83. The Hall–Kier alpha value is -0.980. The van der Waals surface area contributed by atoms with Crippen molar-refractivity contribution in [1.82, 2.24) is 4.98 Å². The number of benzene rings is 1. The van der Waals surface area contributed by atoms with Crippen LogP contribution in [-0.4, -0.2) is 28.0 Å². The van der Waals surface area contributed by atoms with Crippen LogP contribution in [0.2, 0.25) is 10.0 Å². The van der Waals surface area contributed by atoms with Crippen LogP contribution < -0.4 is 34.7 Å². The Labute approximate surface area is 164 Å². The topological polar surface area (TPSA) is 88.5 Å². The third kappa shape index (κ3) is 4.11. The van der Waals surface area contributed by atoms with E-state index in [9.17, 15) is 15.0 Å². The summed E-state index contributed by atoms with van der Waals surface area (Å²) in [7, 11) is 0. The average molecular weight is 361 g/mol. The zero-order valence-electron chi connectivity index (χ0n) is 12.3. The number of hydrogen-bond acceptors (Lipinski definition) is 3. The summed E-state index contributed by atoms with van der Waals surface area (Å²) in [5, 5.41) is 22.2. The van der Waals surface area contributed by atoms with Crippen LogP contribution in [0.4, 0.5) is 0 Å². The Morgan fingerprint density at radius 3 is 2.70 bits per heavy atom. The summed E-state index contributed by atoms with van der Waals surface area (Å²) in [4.78, 5) is 18.1. The molecule has 114 valence electrons. The first-order valence-electron chi connectivity index (χ1n) is 6.62. The molecule has 1 fully saturated rings. The molecule has 1 aromatic heterocycles. The zero-order chi connectivity index (χ0) is 15.9. The van der Waals surface area contributed by atoms with Gasteiger partial charge >= 0.3 is 35.5 Å². The number of halogens is 2. The predicted molar refractivity (Wildman–Crippen MR) is 84.8 cm³/mol. The smallest absolute Gasteiger partial charge is 0.859 e. The Bertz CT molecular complexity index is 826. The van der Waals surface area contributed by atoms with Crippen LogP contribution >= 0.6 is 23.2 Å². The summed E-state index contributed by atoms with van der Waals surface area (Å²) in [5.41, 5.74) is 0.791. The molecule has 0 aliphatic heterocycles. The Balaban J connectivity index is 0.00000192. The van der Waals surface area contributed by atoms with Crippen LogP contribution in [0.15, 0.2) is 23.2 Å². The molecule has 1 aliphatic carbocycles. The van der Waals surface area contributed by atoms with Gasteiger partial charge in [0.05, 0.1) is 5.02 Å². The molecule has 0 spiro atoms. The minimum atomic E-state index is -1.14. The fourth-order valence-electron chi connectivity index (χ4n) is 2.19. The first-order chi connectivity index (χ1) is 10.5. The number of aromatic carboxylic acids is 1. The fourth-order valence-corrected chi connectivity index (χ4v) is 2.78. The maximum atomic E-state index is 11.7. The summed E-state index contributed by atoms with van der Waals surface area (Å²) in [5.74, 6) is -1.52. The SMILES string of the molecule is O=C(O)c1[nH]c2cc(Cl)cc(Cl)c2c1/C=C/C([O-])=NC1CC1.[Na+]. The number of H-pyrrole nitrogens is 1. The van der Waals surface area contributed by atoms with Gasteiger partial charge in [-0.15, -0.1) is 0 Å². The van der Waals surface area contributed by atoms with Gasteiger partial charge in [0.25, 0.3) is 0 Å². The van der Waals surface area contributed by atoms with Crippen molar-refractivity contribution in [3.8, 4) is 0 Å². The molecule has 1 aliphatic rings. The van der Waals surface area contributed by atoms with Gasteiger partial charge in [0, 0.05) is 27.5 Å². The number of carboxylic acids is 1. The van der Waals surface area contributed by atoms with Gasteiger partial charge in [0.1, 0.15) is 5.69 Å². The van der Waals surface area contributed by atoms with E-state index < -0.39 is 5.97 Å². The van der Waals surface area contributed by atoms with Crippen molar-refractivity contribution in [2.75, 3.05) is 0 Å². The van der Waals surface area contributed by atoms with Crippen molar-refractivity contribution in [3.05, 3.63) is 39.5 Å². The van der Waals surface area contributed by atoms with E-state index in [1.54, 1.807) is 6.07 Å². The van der Waals surface area contributed by atoms with E-state index in [-0.39, 0.29) is 47.2 Å². The molecular formula is C15H11Cl2N2NaO3. The van der Waals surface area contributed by atoms with Gasteiger partial charge in [0.15, 0.2) is 0 Å². The number of carbonyl (C=O) groups is 1. The monoisotopic (exact) mass is 360 g/mol. The standard InChI is InChI=1S/C15H12Cl2N2O3.Na/c16-7-5-10(17)13-9(3-4-12(20)18-8-1-2-8)14(15(21)22)19-11(13)6-7;/h3-6,8,19H,1-2H2,(H,18,20)(H,21,22);/q;+1/p-1/b4-3+;. The number of nitrogens with zero attached hydrogens (tertiary/aromatic N) is 1. The molecule has 0 radical (unpaired) electrons. The van der Waals surface area contributed by atoms with Crippen LogP contribution in [0.25, 0.3) is 17.0 Å². The van der Waals surface area contributed by atoms with E-state index in [1.807, 2.05) is 0 Å². The average Bonchev–Trinajstić information content (AvgIpc) is 3.14. The van der Waals surface area contributed by atoms with E-state index in [0.29, 0.717) is 26.5 Å². The predicted octanol–water partition coefficient (Wildman–Crippen LogP) is 0.111. The maximum absolute atomic E-state index is 11.7. The number of nitrogens with one attached hydrogen (secondary N) is 1. The van der Waals surface area contributed by atoms with Crippen molar-refractivity contribution in [1.29, 1.82) is 0 Å². The summed E-state index contributed by atoms with van der Waals surface area (Å²) >= 11 is 12.1. The van der Waals surface area contributed by atoms with Crippen molar-refractivity contribution in [2.24, 2.45) is 4.99 Å². The van der Waals surface area contributed by atoms with E-state index in [0.717, 1.165) is 12.8 Å². The molecule has 0 unspecified atom stereocenters. The second-order valence-corrected chi connectivity index (χ2v) is 5.90. The third-order valence-electron chi connectivity index (χ3n) is 3.32. The normalized spacial score (nSPS) is 15.1. The first kappa shape index (κ1) is 18.4. The number of aromatic nitrogens is 1. The van der Waals surface area contributed by atoms with Crippen LogP contribution in [0.5, 0.6) is 0 Å². The molecule has 3 rings (SSSR count). The van der Waals surface area contributed by atoms with Gasteiger partial charge in [0.2, 0.25) is 0 Å². The van der Waals surface area contributed by atoms with Gasteiger partial charge in [-0.05, 0) is 30.9 Å². The van der Waals surface area contributed by atoms with Crippen LogP contribution in [0.1, 0.15) is 28.9 Å². The van der Waals surface area contributed by atoms with Crippen molar-refractivity contribution < 1.29 is 44.6 Å². The number of carboxylic acid groups (broad SMARTS) is 1. The second kappa shape index (κ2) is 7.28. The number of aliphatic imine (C=N–C) groups is 1. The molecule has 1 aromatic carbocycles. The van der Waals surface area contributed by atoms with E-state index in [4.69, 9.17) is 23.2 Å². The summed E-state index contributed by atoms with van der Waals surface area (Å²) in [6.45, 7) is 0. The molecule has 0 saturated heterocycles. The molecule has 1 saturated carbocycles. The van der Waals surface area contributed by atoms with Gasteiger partial charge in [-0.25, -0.2) is 4.79 Å². The van der Waals surface area contributed by atoms with Crippen molar-refractivity contribution in [3.63, 3.8) is 0 Å². The van der Waals surface area contributed by atoms with Crippen molar-refractivity contribution >= 4 is 52.0 Å². The van der Waals surface area contributed by atoms with Crippen LogP contribution in [0.3, 0.4) is 0 Å². The van der Waals surface area contributed by atoms with E-state index in [2.05, 4.69) is 9.98 Å². The second-order valence-electron chi connectivity index (χ2n) is 5.06. The Morgan fingerprint density at radius 2 is 2.09 bits per heavy atom. The van der Waals surface area contributed by atoms with E-state index >= 15 is 0 Å². The number of aromatic amines is 1. The molecule has 23 heavy (non-hydrogen) atoms. The van der Waals surface area contributed by atoms with Gasteiger partial charge in [-0.1, -0.05) is 35.4 Å². The molecule has 2 aromatic rings. The number of fused-ring (bicyclic) bond motifs is 1. The first-order valence-corrected chi connectivity index (χ1v) is 7.38. The summed E-state index contributed by atoms with van der Waals surface area (Å²) in [6, 6.07) is 3.23. The quantitative estimate of drug-likeness (QED) is 0.460. The molecule has 0 amide bonds. The Morgan fingerprint density at radius 1 is 1.39 bits per heavy atom. The molecule has 0 bridgehead atoms. The summed E-state index contributed by atoms with van der Waals surface area (Å²) in [6.07, 6.45) is 4.54. The number of hydrogen-bond donors (Lipinski definition) is 2. The molecule has 2 N–H and O–H groups in total. The Kier molecular flexibility index (Phi) is 5.81.